The van der Waals surface area contributed by atoms with E-state index in [-0.39, 0.29) is 11.9 Å². The number of para-hydroxylation sites is 1. The standard InChI is InChI=1S/C30H35ClN2O/c1-4-28(30(34)32-29-22(2)10-8-11-23(29)3)33(20-24-15-17-27(31)18-16-24)19-9-14-26(21-33)25-12-6-5-7-13-25/h5-8,10-13,15-18,26,28H,4,9,14,19-21H2,1-3H3/p+1. The highest BCUT2D eigenvalue weighted by Gasteiger charge is 2.45. The Kier molecular flexibility index (Phi) is 7.75. The number of quaternary nitrogens is 1. The van der Waals surface area contributed by atoms with Gasteiger partial charge in [-0.25, -0.2) is 0 Å². The van der Waals surface area contributed by atoms with Crippen molar-refractivity contribution >= 4 is 23.2 Å². The number of piperidine rings is 1. The van der Waals surface area contributed by atoms with Crippen molar-refractivity contribution in [2.75, 3.05) is 18.4 Å². The largest absolute Gasteiger partial charge is 0.320 e. The molecule has 3 atom stereocenters. The van der Waals surface area contributed by atoms with E-state index in [1.54, 1.807) is 0 Å². The second kappa shape index (κ2) is 10.8. The minimum atomic E-state index is -0.124. The Balaban J connectivity index is 1.69. The summed E-state index contributed by atoms with van der Waals surface area (Å²) in [6, 6.07) is 25.0. The van der Waals surface area contributed by atoms with Crippen molar-refractivity contribution in [2.24, 2.45) is 0 Å². The summed E-state index contributed by atoms with van der Waals surface area (Å²) in [5.41, 5.74) is 5.77. The number of rotatable bonds is 7. The molecule has 178 valence electrons. The van der Waals surface area contributed by atoms with Gasteiger partial charge in [-0.05, 0) is 55.5 Å². The van der Waals surface area contributed by atoms with Crippen LogP contribution >= 0.6 is 11.6 Å². The fraction of sp³-hybridized carbons (Fsp3) is 0.367. The molecule has 3 aromatic carbocycles. The number of hydrogen-bond acceptors (Lipinski definition) is 1. The second-order valence-electron chi connectivity index (χ2n) is 9.84. The van der Waals surface area contributed by atoms with Crippen molar-refractivity contribution in [3.05, 3.63) is 100 Å². The maximum atomic E-state index is 13.9. The zero-order valence-corrected chi connectivity index (χ0v) is 21.3. The number of carbonyl (C=O) groups excluding carboxylic acids is 1. The molecular formula is C30H36ClN2O+. The molecule has 1 saturated heterocycles. The van der Waals surface area contributed by atoms with Crippen LogP contribution in [0.4, 0.5) is 5.69 Å². The molecule has 1 aliphatic rings. The number of benzene rings is 3. The topological polar surface area (TPSA) is 29.1 Å². The monoisotopic (exact) mass is 475 g/mol. The molecule has 3 nitrogen and oxygen atoms in total. The van der Waals surface area contributed by atoms with E-state index in [0.717, 1.165) is 58.8 Å². The molecule has 3 unspecified atom stereocenters. The molecule has 1 heterocycles. The smallest absolute Gasteiger partial charge is 0.282 e. The molecule has 3 aromatic rings. The van der Waals surface area contributed by atoms with Gasteiger partial charge in [-0.15, -0.1) is 0 Å². The summed E-state index contributed by atoms with van der Waals surface area (Å²) in [5, 5.41) is 4.07. The maximum absolute atomic E-state index is 13.9. The molecule has 0 saturated carbocycles. The third-order valence-electron chi connectivity index (χ3n) is 7.50. The molecule has 4 rings (SSSR count). The highest BCUT2D eigenvalue weighted by molar-refractivity contribution is 6.30. The lowest BCUT2D eigenvalue weighted by Gasteiger charge is -2.49. The number of amides is 1. The van der Waals surface area contributed by atoms with Crippen LogP contribution < -0.4 is 5.32 Å². The first kappa shape index (κ1) is 24.5. The van der Waals surface area contributed by atoms with Crippen LogP contribution in [0.25, 0.3) is 0 Å². The Bertz CT molecular complexity index is 1090. The van der Waals surface area contributed by atoms with Crippen molar-refractivity contribution in [3.63, 3.8) is 0 Å². The van der Waals surface area contributed by atoms with Gasteiger partial charge in [-0.3, -0.25) is 4.79 Å². The lowest BCUT2D eigenvalue weighted by Crippen LogP contribution is -2.62. The van der Waals surface area contributed by atoms with Gasteiger partial charge in [0.2, 0.25) is 0 Å². The van der Waals surface area contributed by atoms with Crippen molar-refractivity contribution < 1.29 is 9.28 Å². The molecule has 0 aromatic heterocycles. The Morgan fingerprint density at radius 1 is 1.00 bits per heavy atom. The number of nitrogens with zero attached hydrogens (tertiary/aromatic N) is 1. The number of nitrogens with one attached hydrogen (secondary N) is 1. The fourth-order valence-corrected chi connectivity index (χ4v) is 5.93. The van der Waals surface area contributed by atoms with Crippen LogP contribution in [-0.2, 0) is 11.3 Å². The van der Waals surface area contributed by atoms with E-state index in [2.05, 4.69) is 80.7 Å². The van der Waals surface area contributed by atoms with E-state index in [4.69, 9.17) is 11.6 Å². The number of likely N-dealkylation sites (tertiary alicyclic amines) is 1. The molecule has 34 heavy (non-hydrogen) atoms. The first-order chi connectivity index (χ1) is 16.4. The molecule has 0 radical (unpaired) electrons. The van der Waals surface area contributed by atoms with Gasteiger partial charge in [-0.1, -0.05) is 79.2 Å². The summed E-state index contributed by atoms with van der Waals surface area (Å²) >= 11 is 6.18. The van der Waals surface area contributed by atoms with Gasteiger partial charge in [0, 0.05) is 28.6 Å². The lowest BCUT2D eigenvalue weighted by atomic mass is 9.86. The van der Waals surface area contributed by atoms with Gasteiger partial charge in [-0.2, -0.15) is 0 Å². The van der Waals surface area contributed by atoms with Crippen molar-refractivity contribution in [2.45, 2.75) is 58.5 Å². The first-order valence-electron chi connectivity index (χ1n) is 12.4. The number of halogens is 1. The summed E-state index contributed by atoms with van der Waals surface area (Å²) < 4.78 is 0.772. The normalized spacial score (nSPS) is 21.1. The van der Waals surface area contributed by atoms with Crippen LogP contribution in [0.3, 0.4) is 0 Å². The Hall–Kier alpha value is -2.62. The van der Waals surface area contributed by atoms with Gasteiger partial charge < -0.3 is 9.80 Å². The van der Waals surface area contributed by atoms with E-state index in [1.165, 1.54) is 17.5 Å². The highest BCUT2D eigenvalue weighted by atomic mass is 35.5. The predicted molar refractivity (Wildman–Crippen MR) is 142 cm³/mol. The minimum Gasteiger partial charge on any atom is -0.320 e. The number of anilines is 1. The molecule has 0 bridgehead atoms. The van der Waals surface area contributed by atoms with Crippen molar-refractivity contribution in [3.8, 4) is 0 Å². The number of carbonyl (C=O) groups is 1. The van der Waals surface area contributed by atoms with Gasteiger partial charge in [0.05, 0.1) is 13.1 Å². The Morgan fingerprint density at radius 2 is 1.68 bits per heavy atom. The maximum Gasteiger partial charge on any atom is 0.282 e. The molecule has 1 amide bonds. The summed E-state index contributed by atoms with van der Waals surface area (Å²) in [6.07, 6.45) is 3.08. The average Bonchev–Trinajstić information content (AvgIpc) is 2.84. The zero-order valence-electron chi connectivity index (χ0n) is 20.6. The molecule has 0 spiro atoms. The summed E-state index contributed by atoms with van der Waals surface area (Å²) in [5.74, 6) is 0.576. The highest BCUT2D eigenvalue weighted by Crippen LogP contribution is 2.36. The molecule has 4 heteroatoms. The lowest BCUT2D eigenvalue weighted by molar-refractivity contribution is -0.960. The van der Waals surface area contributed by atoms with E-state index < -0.39 is 0 Å². The van der Waals surface area contributed by atoms with Crippen LogP contribution in [0.2, 0.25) is 5.02 Å². The molecule has 1 N–H and O–H groups in total. The zero-order chi connectivity index (χ0) is 24.1. The molecular weight excluding hydrogens is 440 g/mol. The summed E-state index contributed by atoms with van der Waals surface area (Å²) in [4.78, 5) is 13.9. The third kappa shape index (κ3) is 5.37. The third-order valence-corrected chi connectivity index (χ3v) is 7.75. The van der Waals surface area contributed by atoms with Gasteiger partial charge >= 0.3 is 0 Å². The van der Waals surface area contributed by atoms with E-state index in [1.807, 2.05) is 18.2 Å². The van der Waals surface area contributed by atoms with Crippen LogP contribution in [-0.4, -0.2) is 29.5 Å². The Morgan fingerprint density at radius 3 is 2.32 bits per heavy atom. The quantitative estimate of drug-likeness (QED) is 0.357. The molecule has 1 aliphatic heterocycles. The summed E-state index contributed by atoms with van der Waals surface area (Å²) in [7, 11) is 0. The first-order valence-corrected chi connectivity index (χ1v) is 12.8. The SMILES string of the molecule is CCC(C(=O)Nc1c(C)cccc1C)[N+]1(Cc2ccc(Cl)cc2)CCCC(c2ccccc2)C1. The average molecular weight is 476 g/mol. The van der Waals surface area contributed by atoms with E-state index in [0.29, 0.717) is 5.92 Å². The predicted octanol–water partition coefficient (Wildman–Crippen LogP) is 7.27. The fourth-order valence-electron chi connectivity index (χ4n) is 5.80. The van der Waals surface area contributed by atoms with Crippen molar-refractivity contribution in [1.29, 1.82) is 0 Å². The number of hydrogen-bond donors (Lipinski definition) is 1. The number of aryl methyl sites for hydroxylation is 2. The van der Waals surface area contributed by atoms with Crippen LogP contribution in [0.5, 0.6) is 0 Å². The van der Waals surface area contributed by atoms with Crippen LogP contribution in [0.1, 0.15) is 54.4 Å². The second-order valence-corrected chi connectivity index (χ2v) is 10.3. The van der Waals surface area contributed by atoms with Crippen molar-refractivity contribution in [1.82, 2.24) is 0 Å². The molecule has 1 fully saturated rings. The van der Waals surface area contributed by atoms with Crippen LogP contribution in [0, 0.1) is 13.8 Å². The van der Waals surface area contributed by atoms with Crippen LogP contribution in [0.15, 0.2) is 72.8 Å². The Labute approximate surface area is 209 Å². The van der Waals surface area contributed by atoms with E-state index >= 15 is 0 Å². The minimum absolute atomic E-state index is 0.124. The van der Waals surface area contributed by atoms with Gasteiger partial charge in [0.25, 0.3) is 5.91 Å². The van der Waals surface area contributed by atoms with Gasteiger partial charge in [0.15, 0.2) is 6.04 Å². The van der Waals surface area contributed by atoms with E-state index in [9.17, 15) is 4.79 Å². The summed E-state index contributed by atoms with van der Waals surface area (Å²) in [6.45, 7) is 9.08. The van der Waals surface area contributed by atoms with Gasteiger partial charge in [0.1, 0.15) is 6.54 Å². The molecule has 0 aliphatic carbocycles.